The van der Waals surface area contributed by atoms with Crippen molar-refractivity contribution >= 4 is 5.91 Å². The zero-order valence-electron chi connectivity index (χ0n) is 10.3. The maximum absolute atomic E-state index is 12.3. The Hall–Kier alpha value is -2.50. The molecule has 2 rings (SSSR count). The summed E-state index contributed by atoms with van der Waals surface area (Å²) in [4.78, 5) is 14.5. The SMILES string of the molecule is NC(=O)[CH]c1ccc(-c2cccnc2OC(F)F)cc1. The second-order valence-electron chi connectivity index (χ2n) is 3.90. The molecule has 6 heteroatoms. The lowest BCUT2D eigenvalue weighted by Crippen LogP contribution is -2.11. The number of carbonyl (C=O) groups excluding carboxylic acids is 1. The van der Waals surface area contributed by atoms with Gasteiger partial charge in [-0.15, -0.1) is 0 Å². The number of ether oxygens (including phenoxy) is 1. The fourth-order valence-corrected chi connectivity index (χ4v) is 1.71. The van der Waals surface area contributed by atoms with Crippen molar-refractivity contribution in [3.8, 4) is 17.0 Å². The van der Waals surface area contributed by atoms with Gasteiger partial charge >= 0.3 is 6.61 Å². The predicted molar refractivity (Wildman–Crippen MR) is 68.9 cm³/mol. The molecule has 1 aromatic heterocycles. The zero-order valence-corrected chi connectivity index (χ0v) is 10.3. The number of amides is 1. The maximum atomic E-state index is 12.3. The van der Waals surface area contributed by atoms with E-state index in [1.54, 1.807) is 36.4 Å². The Bertz CT molecular complexity index is 600. The second kappa shape index (κ2) is 6.10. The number of hydrogen-bond donors (Lipinski definition) is 1. The van der Waals surface area contributed by atoms with E-state index in [1.807, 2.05) is 0 Å². The van der Waals surface area contributed by atoms with Crippen LogP contribution in [0.25, 0.3) is 11.1 Å². The van der Waals surface area contributed by atoms with Gasteiger partial charge in [0, 0.05) is 11.8 Å². The van der Waals surface area contributed by atoms with Gasteiger partial charge in [0.1, 0.15) is 0 Å². The molecule has 1 heterocycles. The van der Waals surface area contributed by atoms with Crippen LogP contribution in [0.1, 0.15) is 5.56 Å². The van der Waals surface area contributed by atoms with E-state index in [0.717, 1.165) is 0 Å². The maximum Gasteiger partial charge on any atom is 0.388 e. The van der Waals surface area contributed by atoms with E-state index in [1.165, 1.54) is 12.6 Å². The fraction of sp³-hybridized carbons (Fsp3) is 0.0714. The molecule has 0 aliphatic rings. The lowest BCUT2D eigenvalue weighted by molar-refractivity contribution is -0.114. The van der Waals surface area contributed by atoms with Crippen LogP contribution in [0.15, 0.2) is 42.6 Å². The molecule has 0 saturated heterocycles. The topological polar surface area (TPSA) is 65.2 Å². The van der Waals surface area contributed by atoms with Crippen LogP contribution in [0.3, 0.4) is 0 Å². The minimum atomic E-state index is -2.94. The van der Waals surface area contributed by atoms with Gasteiger partial charge in [0.25, 0.3) is 0 Å². The van der Waals surface area contributed by atoms with Crippen LogP contribution < -0.4 is 10.5 Å². The van der Waals surface area contributed by atoms with Crippen molar-refractivity contribution in [1.29, 1.82) is 0 Å². The number of benzene rings is 1. The third-order valence-corrected chi connectivity index (χ3v) is 2.50. The number of nitrogens with two attached hydrogens (primary N) is 1. The first-order chi connectivity index (χ1) is 9.56. The lowest BCUT2D eigenvalue weighted by Gasteiger charge is -2.09. The standard InChI is InChI=1S/C14H11F2N2O2/c15-14(16)20-13-11(2-1-7-18-13)10-5-3-9(4-6-10)8-12(17)19/h1-8,14H,(H2,17,19). The number of pyridine rings is 1. The summed E-state index contributed by atoms with van der Waals surface area (Å²) in [7, 11) is 0. The number of hydrogen-bond acceptors (Lipinski definition) is 3. The van der Waals surface area contributed by atoms with E-state index < -0.39 is 12.5 Å². The molecule has 0 aliphatic heterocycles. The van der Waals surface area contributed by atoms with Gasteiger partial charge in [-0.2, -0.15) is 8.78 Å². The largest absolute Gasteiger partial charge is 0.416 e. The molecule has 20 heavy (non-hydrogen) atoms. The Balaban J connectivity index is 2.29. The van der Waals surface area contributed by atoms with Gasteiger partial charge in [0.2, 0.25) is 11.8 Å². The molecule has 0 aliphatic carbocycles. The fourth-order valence-electron chi connectivity index (χ4n) is 1.71. The van der Waals surface area contributed by atoms with Gasteiger partial charge in [0.15, 0.2) is 0 Å². The van der Waals surface area contributed by atoms with Crippen LogP contribution in [0.2, 0.25) is 0 Å². The molecule has 4 nitrogen and oxygen atoms in total. The Labute approximate surface area is 114 Å². The number of aromatic nitrogens is 1. The molecule has 103 valence electrons. The van der Waals surface area contributed by atoms with Crippen LogP contribution >= 0.6 is 0 Å². The monoisotopic (exact) mass is 277 g/mol. The van der Waals surface area contributed by atoms with E-state index in [2.05, 4.69) is 9.72 Å². The van der Waals surface area contributed by atoms with E-state index >= 15 is 0 Å². The molecule has 0 saturated carbocycles. The molecule has 2 N–H and O–H groups in total. The van der Waals surface area contributed by atoms with Crippen molar-refractivity contribution in [1.82, 2.24) is 4.98 Å². The molecular formula is C14H11F2N2O2. The van der Waals surface area contributed by atoms with Crippen LogP contribution in [0.4, 0.5) is 8.78 Å². The number of halogens is 2. The second-order valence-corrected chi connectivity index (χ2v) is 3.90. The van der Waals surface area contributed by atoms with E-state index in [0.29, 0.717) is 16.7 Å². The summed E-state index contributed by atoms with van der Waals surface area (Å²) in [5.41, 5.74) is 6.76. The van der Waals surface area contributed by atoms with Gasteiger partial charge < -0.3 is 10.5 Å². The normalized spacial score (nSPS) is 10.6. The van der Waals surface area contributed by atoms with E-state index in [4.69, 9.17) is 5.73 Å². The molecule has 0 unspecified atom stereocenters. The van der Waals surface area contributed by atoms with Crippen LogP contribution in [-0.4, -0.2) is 17.5 Å². The Kier molecular flexibility index (Phi) is 4.24. The summed E-state index contributed by atoms with van der Waals surface area (Å²) in [5, 5.41) is 0. The van der Waals surface area contributed by atoms with Crippen molar-refractivity contribution in [2.45, 2.75) is 6.61 Å². The third-order valence-electron chi connectivity index (χ3n) is 2.50. The van der Waals surface area contributed by atoms with Gasteiger partial charge in [-0.1, -0.05) is 24.3 Å². The van der Waals surface area contributed by atoms with Gasteiger partial charge in [-0.25, -0.2) is 4.98 Å². The molecular weight excluding hydrogens is 266 g/mol. The van der Waals surface area contributed by atoms with Gasteiger partial charge in [-0.05, 0) is 23.3 Å². The smallest absolute Gasteiger partial charge is 0.388 e. The minimum Gasteiger partial charge on any atom is -0.416 e. The first-order valence-corrected chi connectivity index (χ1v) is 5.70. The number of primary amides is 1. The first-order valence-electron chi connectivity index (χ1n) is 5.70. The minimum absolute atomic E-state index is 0.144. The summed E-state index contributed by atoms with van der Waals surface area (Å²) in [6, 6.07) is 9.89. The number of nitrogens with zero attached hydrogens (tertiary/aromatic N) is 1. The average Bonchev–Trinajstić information content (AvgIpc) is 2.39. The zero-order chi connectivity index (χ0) is 14.5. The first kappa shape index (κ1) is 13.9. The summed E-state index contributed by atoms with van der Waals surface area (Å²) >= 11 is 0. The molecule has 1 aromatic carbocycles. The summed E-state index contributed by atoms with van der Waals surface area (Å²) in [5.74, 6) is -0.699. The highest BCUT2D eigenvalue weighted by molar-refractivity contribution is 5.87. The Morgan fingerprint density at radius 2 is 1.95 bits per heavy atom. The van der Waals surface area contributed by atoms with Crippen molar-refractivity contribution in [2.24, 2.45) is 5.73 Å². The number of rotatable bonds is 5. The highest BCUT2D eigenvalue weighted by Gasteiger charge is 2.12. The highest BCUT2D eigenvalue weighted by Crippen LogP contribution is 2.29. The molecule has 0 atom stereocenters. The van der Waals surface area contributed by atoms with Crippen molar-refractivity contribution in [2.75, 3.05) is 0 Å². The molecule has 1 amide bonds. The number of carbonyl (C=O) groups is 1. The van der Waals surface area contributed by atoms with Gasteiger partial charge in [0.05, 0.1) is 6.42 Å². The van der Waals surface area contributed by atoms with Gasteiger partial charge in [-0.3, -0.25) is 4.79 Å². The molecule has 0 spiro atoms. The molecule has 0 bridgehead atoms. The third kappa shape index (κ3) is 3.50. The summed E-state index contributed by atoms with van der Waals surface area (Å²) in [6.45, 7) is -2.94. The van der Waals surface area contributed by atoms with E-state index in [9.17, 15) is 13.6 Å². The molecule has 2 aromatic rings. The molecule has 1 radical (unpaired) electrons. The van der Waals surface area contributed by atoms with Crippen molar-refractivity contribution in [3.05, 3.63) is 54.6 Å². The quantitative estimate of drug-likeness (QED) is 0.912. The van der Waals surface area contributed by atoms with Crippen LogP contribution in [0.5, 0.6) is 5.88 Å². The molecule has 0 fully saturated rings. The lowest BCUT2D eigenvalue weighted by atomic mass is 10.0. The Morgan fingerprint density at radius 1 is 1.25 bits per heavy atom. The predicted octanol–water partition coefficient (Wildman–Crippen LogP) is 2.39. The Morgan fingerprint density at radius 3 is 2.55 bits per heavy atom. The van der Waals surface area contributed by atoms with Crippen molar-refractivity contribution < 1.29 is 18.3 Å². The van der Waals surface area contributed by atoms with Crippen LogP contribution in [-0.2, 0) is 4.79 Å². The average molecular weight is 277 g/mol. The number of alkyl halides is 2. The van der Waals surface area contributed by atoms with Crippen molar-refractivity contribution in [3.63, 3.8) is 0 Å². The van der Waals surface area contributed by atoms with E-state index in [-0.39, 0.29) is 5.88 Å². The summed E-state index contributed by atoms with van der Waals surface area (Å²) < 4.78 is 29.0. The highest BCUT2D eigenvalue weighted by atomic mass is 19.3. The summed E-state index contributed by atoms with van der Waals surface area (Å²) in [6.07, 6.45) is 2.64. The van der Waals surface area contributed by atoms with Crippen LogP contribution in [0, 0.1) is 6.42 Å².